The maximum absolute atomic E-state index is 12.4. The summed E-state index contributed by atoms with van der Waals surface area (Å²) in [5, 5.41) is 6.96. The Morgan fingerprint density at radius 2 is 2.08 bits per heavy atom. The molecule has 3 heterocycles. The summed E-state index contributed by atoms with van der Waals surface area (Å²) in [6.07, 6.45) is 3.64. The Morgan fingerprint density at radius 1 is 1.27 bits per heavy atom. The SMILES string of the molecule is O=C(Nc1ncc(-c2cccc(N3CCOCC3)c2)s1)C1CCNCC1. The summed E-state index contributed by atoms with van der Waals surface area (Å²) < 4.78 is 5.43. The fraction of sp³-hybridized carbons (Fsp3) is 0.474. The number of nitrogens with one attached hydrogen (secondary N) is 2. The molecule has 2 saturated heterocycles. The second kappa shape index (κ2) is 8.16. The van der Waals surface area contributed by atoms with Gasteiger partial charge in [0, 0.05) is 30.9 Å². The molecule has 2 aromatic rings. The van der Waals surface area contributed by atoms with E-state index in [1.807, 2.05) is 6.20 Å². The molecule has 0 saturated carbocycles. The van der Waals surface area contributed by atoms with Crippen molar-refractivity contribution in [2.45, 2.75) is 12.8 Å². The number of benzene rings is 1. The van der Waals surface area contributed by atoms with Crippen LogP contribution in [-0.4, -0.2) is 50.3 Å². The van der Waals surface area contributed by atoms with Crippen molar-refractivity contribution in [2.24, 2.45) is 5.92 Å². The molecule has 4 rings (SSSR count). The largest absolute Gasteiger partial charge is 0.378 e. The Labute approximate surface area is 157 Å². The highest BCUT2D eigenvalue weighted by atomic mass is 32.1. The van der Waals surface area contributed by atoms with Crippen molar-refractivity contribution in [3.05, 3.63) is 30.5 Å². The summed E-state index contributed by atoms with van der Waals surface area (Å²) in [7, 11) is 0. The summed E-state index contributed by atoms with van der Waals surface area (Å²) in [5.74, 6) is 0.183. The molecule has 2 aliphatic heterocycles. The lowest BCUT2D eigenvalue weighted by molar-refractivity contribution is -0.120. The molecule has 138 valence electrons. The van der Waals surface area contributed by atoms with Crippen LogP contribution in [-0.2, 0) is 9.53 Å². The topological polar surface area (TPSA) is 66.5 Å². The molecule has 0 bridgehead atoms. The molecule has 2 aliphatic rings. The minimum absolute atomic E-state index is 0.0910. The first-order valence-corrected chi connectivity index (χ1v) is 10.0. The van der Waals surface area contributed by atoms with E-state index in [4.69, 9.17) is 4.74 Å². The van der Waals surface area contributed by atoms with Crippen molar-refractivity contribution in [2.75, 3.05) is 49.6 Å². The number of carbonyl (C=O) groups is 1. The first-order chi connectivity index (χ1) is 12.8. The fourth-order valence-electron chi connectivity index (χ4n) is 3.43. The number of aromatic nitrogens is 1. The average Bonchev–Trinajstić information content (AvgIpc) is 3.18. The maximum Gasteiger partial charge on any atom is 0.229 e. The van der Waals surface area contributed by atoms with Gasteiger partial charge in [-0.1, -0.05) is 23.5 Å². The van der Waals surface area contributed by atoms with Crippen LogP contribution in [0.1, 0.15) is 12.8 Å². The summed E-state index contributed by atoms with van der Waals surface area (Å²) in [4.78, 5) is 20.2. The van der Waals surface area contributed by atoms with E-state index < -0.39 is 0 Å². The molecule has 26 heavy (non-hydrogen) atoms. The third kappa shape index (κ3) is 4.06. The number of morpholine rings is 1. The Morgan fingerprint density at radius 3 is 2.88 bits per heavy atom. The molecular weight excluding hydrogens is 348 g/mol. The number of carbonyl (C=O) groups excluding carboxylic acids is 1. The van der Waals surface area contributed by atoms with E-state index in [0.29, 0.717) is 5.13 Å². The average molecular weight is 372 g/mol. The number of ether oxygens (including phenoxy) is 1. The van der Waals surface area contributed by atoms with E-state index in [1.54, 1.807) is 0 Å². The van der Waals surface area contributed by atoms with Gasteiger partial charge in [-0.05, 0) is 43.6 Å². The monoisotopic (exact) mass is 372 g/mol. The highest BCUT2D eigenvalue weighted by molar-refractivity contribution is 7.19. The minimum atomic E-state index is 0.0910. The maximum atomic E-state index is 12.4. The second-order valence-corrected chi connectivity index (χ2v) is 7.72. The summed E-state index contributed by atoms with van der Waals surface area (Å²) in [5.41, 5.74) is 2.34. The second-order valence-electron chi connectivity index (χ2n) is 6.69. The van der Waals surface area contributed by atoms with Gasteiger partial charge in [-0.2, -0.15) is 0 Å². The standard InChI is InChI=1S/C19H24N4O2S/c24-18(14-4-6-20-7-5-14)22-19-21-13-17(26-19)15-2-1-3-16(12-15)23-8-10-25-11-9-23/h1-3,12-14,20H,4-11H2,(H,21,22,24). The van der Waals surface area contributed by atoms with Crippen molar-refractivity contribution in [1.29, 1.82) is 0 Å². The molecule has 0 atom stereocenters. The van der Waals surface area contributed by atoms with Crippen molar-refractivity contribution in [3.8, 4) is 10.4 Å². The number of nitrogens with zero attached hydrogens (tertiary/aromatic N) is 2. The number of thiazole rings is 1. The Bertz CT molecular complexity index is 752. The van der Waals surface area contributed by atoms with Crippen molar-refractivity contribution in [3.63, 3.8) is 0 Å². The molecule has 0 aliphatic carbocycles. The lowest BCUT2D eigenvalue weighted by Crippen LogP contribution is -2.36. The van der Waals surface area contributed by atoms with Gasteiger partial charge in [-0.3, -0.25) is 4.79 Å². The predicted molar refractivity (Wildman–Crippen MR) is 105 cm³/mol. The third-order valence-corrected chi connectivity index (χ3v) is 5.91. The zero-order valence-corrected chi connectivity index (χ0v) is 15.6. The molecule has 1 amide bonds. The summed E-state index contributed by atoms with van der Waals surface area (Å²) in [6.45, 7) is 5.22. The third-order valence-electron chi connectivity index (χ3n) is 4.95. The van der Waals surface area contributed by atoms with E-state index in [1.165, 1.54) is 17.0 Å². The predicted octanol–water partition coefficient (Wildman–Crippen LogP) is 2.58. The highest BCUT2D eigenvalue weighted by Gasteiger charge is 2.22. The molecule has 2 fully saturated rings. The van der Waals surface area contributed by atoms with Crippen LogP contribution in [0.5, 0.6) is 0 Å². The summed E-state index contributed by atoms with van der Waals surface area (Å²) in [6, 6.07) is 8.50. The Kier molecular flexibility index (Phi) is 5.48. The fourth-order valence-corrected chi connectivity index (χ4v) is 4.25. The molecule has 1 aromatic heterocycles. The number of piperidine rings is 1. The van der Waals surface area contributed by atoms with Gasteiger partial charge in [0.1, 0.15) is 0 Å². The Hall–Kier alpha value is -1.96. The van der Waals surface area contributed by atoms with Gasteiger partial charge in [0.15, 0.2) is 5.13 Å². The van der Waals surface area contributed by atoms with E-state index in [-0.39, 0.29) is 11.8 Å². The van der Waals surface area contributed by atoms with Crippen LogP contribution in [0, 0.1) is 5.92 Å². The van der Waals surface area contributed by atoms with E-state index >= 15 is 0 Å². The van der Waals surface area contributed by atoms with Gasteiger partial charge in [0.05, 0.1) is 18.1 Å². The van der Waals surface area contributed by atoms with Gasteiger partial charge in [-0.25, -0.2) is 4.98 Å². The van der Waals surface area contributed by atoms with Crippen LogP contribution in [0.4, 0.5) is 10.8 Å². The summed E-state index contributed by atoms with van der Waals surface area (Å²) >= 11 is 1.53. The van der Waals surface area contributed by atoms with Gasteiger partial charge in [0.25, 0.3) is 0 Å². The van der Waals surface area contributed by atoms with Crippen molar-refractivity contribution >= 4 is 28.1 Å². The van der Waals surface area contributed by atoms with Gasteiger partial charge in [-0.15, -0.1) is 0 Å². The van der Waals surface area contributed by atoms with Crippen LogP contribution in [0.15, 0.2) is 30.5 Å². The molecule has 0 unspecified atom stereocenters. The van der Waals surface area contributed by atoms with E-state index in [9.17, 15) is 4.79 Å². The van der Waals surface area contributed by atoms with Gasteiger partial charge >= 0.3 is 0 Å². The lowest BCUT2D eigenvalue weighted by Gasteiger charge is -2.29. The zero-order valence-electron chi connectivity index (χ0n) is 14.7. The molecule has 6 nitrogen and oxygen atoms in total. The number of amides is 1. The normalized spacial score (nSPS) is 18.7. The zero-order chi connectivity index (χ0) is 17.8. The number of hydrogen-bond acceptors (Lipinski definition) is 6. The minimum Gasteiger partial charge on any atom is -0.378 e. The van der Waals surface area contributed by atoms with E-state index in [0.717, 1.165) is 62.7 Å². The molecule has 7 heteroatoms. The van der Waals surface area contributed by atoms with Crippen LogP contribution in [0.2, 0.25) is 0 Å². The van der Waals surface area contributed by atoms with Crippen LogP contribution in [0.3, 0.4) is 0 Å². The molecule has 2 N–H and O–H groups in total. The van der Waals surface area contributed by atoms with Crippen LogP contribution >= 0.6 is 11.3 Å². The lowest BCUT2D eigenvalue weighted by atomic mass is 9.97. The number of rotatable bonds is 4. The van der Waals surface area contributed by atoms with Gasteiger partial charge in [0.2, 0.25) is 5.91 Å². The molecular formula is C19H24N4O2S. The van der Waals surface area contributed by atoms with E-state index in [2.05, 4.69) is 44.8 Å². The number of hydrogen-bond donors (Lipinski definition) is 2. The smallest absolute Gasteiger partial charge is 0.229 e. The van der Waals surface area contributed by atoms with Crippen LogP contribution in [0.25, 0.3) is 10.4 Å². The first-order valence-electron chi connectivity index (χ1n) is 9.20. The molecule has 1 aromatic carbocycles. The first kappa shape index (κ1) is 17.5. The number of anilines is 2. The molecule has 0 radical (unpaired) electrons. The van der Waals surface area contributed by atoms with Crippen molar-refractivity contribution in [1.82, 2.24) is 10.3 Å². The quantitative estimate of drug-likeness (QED) is 0.864. The van der Waals surface area contributed by atoms with Crippen LogP contribution < -0.4 is 15.5 Å². The Balaban J connectivity index is 1.44. The van der Waals surface area contributed by atoms with Crippen molar-refractivity contribution < 1.29 is 9.53 Å². The highest BCUT2D eigenvalue weighted by Crippen LogP contribution is 2.32. The van der Waals surface area contributed by atoms with Gasteiger partial charge < -0.3 is 20.3 Å². The molecule has 0 spiro atoms.